The number of carbonyl (C=O) groups excluding carboxylic acids is 2. The maximum absolute atomic E-state index is 12.1. The molecule has 2 amide bonds. The van der Waals surface area contributed by atoms with E-state index in [0.717, 1.165) is 36.2 Å². The third-order valence-corrected chi connectivity index (χ3v) is 3.72. The lowest BCUT2D eigenvalue weighted by Crippen LogP contribution is -2.35. The van der Waals surface area contributed by atoms with Crippen LogP contribution in [0.5, 0.6) is 0 Å². The summed E-state index contributed by atoms with van der Waals surface area (Å²) in [7, 11) is 1.83. The lowest BCUT2D eigenvalue weighted by molar-refractivity contribution is -0.129. The zero-order chi connectivity index (χ0) is 16.7. The van der Waals surface area contributed by atoms with Crippen molar-refractivity contribution >= 4 is 17.5 Å². The van der Waals surface area contributed by atoms with Gasteiger partial charge in [0.05, 0.1) is 0 Å². The van der Waals surface area contributed by atoms with Crippen molar-refractivity contribution in [1.82, 2.24) is 4.90 Å². The predicted octanol–water partition coefficient (Wildman–Crippen LogP) is 3.30. The number of nitrogens with zero attached hydrogens (tertiary/aromatic N) is 2. The molecule has 0 heterocycles. The molecule has 0 aliphatic carbocycles. The lowest BCUT2D eigenvalue weighted by Gasteiger charge is -2.24. The molecule has 4 heteroatoms. The van der Waals surface area contributed by atoms with Crippen LogP contribution >= 0.6 is 0 Å². The average molecular weight is 304 g/mol. The lowest BCUT2D eigenvalue weighted by atomic mass is 10.1. The highest BCUT2D eigenvalue weighted by atomic mass is 16.2. The Bertz CT molecular complexity index is 506. The van der Waals surface area contributed by atoms with Crippen molar-refractivity contribution in [2.75, 3.05) is 25.0 Å². The fourth-order valence-electron chi connectivity index (χ4n) is 2.49. The number of amides is 2. The SMILES string of the molecule is CCCCN(C)C(=O)CCN(C(C)=O)c1cc(C)cc(C)c1. The van der Waals surface area contributed by atoms with Crippen LogP contribution in [0.4, 0.5) is 5.69 Å². The van der Waals surface area contributed by atoms with E-state index in [1.807, 2.05) is 33.0 Å². The Morgan fingerprint density at radius 2 is 1.64 bits per heavy atom. The first kappa shape index (κ1) is 18.2. The second-order valence-electron chi connectivity index (χ2n) is 5.94. The molecule has 0 fully saturated rings. The number of hydrogen-bond donors (Lipinski definition) is 0. The minimum Gasteiger partial charge on any atom is -0.346 e. The van der Waals surface area contributed by atoms with Gasteiger partial charge in [-0.1, -0.05) is 19.4 Å². The molecule has 0 radical (unpaired) electrons. The molecule has 0 unspecified atom stereocenters. The first-order chi connectivity index (χ1) is 10.3. The fraction of sp³-hybridized carbons (Fsp3) is 0.556. The van der Waals surface area contributed by atoms with Crippen LogP contribution in [0, 0.1) is 13.8 Å². The van der Waals surface area contributed by atoms with E-state index in [0.29, 0.717) is 13.0 Å². The Hall–Kier alpha value is -1.84. The van der Waals surface area contributed by atoms with Crippen molar-refractivity contribution in [2.45, 2.75) is 47.0 Å². The van der Waals surface area contributed by atoms with Crippen LogP contribution in [0.1, 0.15) is 44.2 Å². The molecule has 0 saturated heterocycles. The van der Waals surface area contributed by atoms with Gasteiger partial charge in [-0.05, 0) is 43.5 Å². The molecule has 0 bridgehead atoms. The van der Waals surface area contributed by atoms with Crippen molar-refractivity contribution in [2.24, 2.45) is 0 Å². The summed E-state index contributed by atoms with van der Waals surface area (Å²) in [5.74, 6) is 0.0538. The topological polar surface area (TPSA) is 40.6 Å². The first-order valence-corrected chi connectivity index (χ1v) is 7.95. The van der Waals surface area contributed by atoms with Crippen LogP contribution in [-0.2, 0) is 9.59 Å². The molecule has 0 N–H and O–H groups in total. The molecule has 0 aromatic heterocycles. The molecule has 4 nitrogen and oxygen atoms in total. The van der Waals surface area contributed by atoms with Gasteiger partial charge in [-0.25, -0.2) is 0 Å². The van der Waals surface area contributed by atoms with Gasteiger partial charge in [0.2, 0.25) is 11.8 Å². The van der Waals surface area contributed by atoms with Crippen molar-refractivity contribution in [3.05, 3.63) is 29.3 Å². The minimum atomic E-state index is -0.0333. The molecule has 1 aromatic rings. The van der Waals surface area contributed by atoms with E-state index in [9.17, 15) is 9.59 Å². The minimum absolute atomic E-state index is 0.0333. The first-order valence-electron chi connectivity index (χ1n) is 7.95. The standard InChI is InChI=1S/C18H28N2O2/c1-6-7-9-19(5)18(22)8-10-20(16(4)21)17-12-14(2)11-15(3)13-17/h11-13H,6-10H2,1-5H3. The van der Waals surface area contributed by atoms with Crippen LogP contribution in [0.15, 0.2) is 18.2 Å². The summed E-state index contributed by atoms with van der Waals surface area (Å²) in [6.07, 6.45) is 2.43. The van der Waals surface area contributed by atoms with E-state index >= 15 is 0 Å². The van der Waals surface area contributed by atoms with Gasteiger partial charge in [0.15, 0.2) is 0 Å². The maximum atomic E-state index is 12.1. The van der Waals surface area contributed by atoms with Gasteiger partial charge < -0.3 is 9.80 Å². The second kappa shape index (κ2) is 8.57. The van der Waals surface area contributed by atoms with Crippen LogP contribution < -0.4 is 4.90 Å². The Labute approximate surface area is 134 Å². The highest BCUT2D eigenvalue weighted by Gasteiger charge is 2.15. The summed E-state index contributed by atoms with van der Waals surface area (Å²) in [5.41, 5.74) is 3.11. The number of benzene rings is 1. The fourth-order valence-corrected chi connectivity index (χ4v) is 2.49. The largest absolute Gasteiger partial charge is 0.346 e. The van der Waals surface area contributed by atoms with Gasteiger partial charge in [-0.15, -0.1) is 0 Å². The average Bonchev–Trinajstić information content (AvgIpc) is 2.43. The van der Waals surface area contributed by atoms with Gasteiger partial charge in [0.25, 0.3) is 0 Å². The molecule has 0 spiro atoms. The number of aryl methyl sites for hydroxylation is 2. The molecule has 0 atom stereocenters. The number of carbonyl (C=O) groups is 2. The Balaban J connectivity index is 2.73. The van der Waals surface area contributed by atoms with Crippen molar-refractivity contribution in [3.63, 3.8) is 0 Å². The van der Waals surface area contributed by atoms with Crippen LogP contribution in [0.25, 0.3) is 0 Å². The molecular weight excluding hydrogens is 276 g/mol. The zero-order valence-corrected chi connectivity index (χ0v) is 14.5. The van der Waals surface area contributed by atoms with Crippen LogP contribution in [0.2, 0.25) is 0 Å². The predicted molar refractivity (Wildman–Crippen MR) is 91.1 cm³/mol. The monoisotopic (exact) mass is 304 g/mol. The van der Waals surface area contributed by atoms with Crippen molar-refractivity contribution in [1.29, 1.82) is 0 Å². The number of anilines is 1. The molecular formula is C18H28N2O2. The van der Waals surface area contributed by atoms with Gasteiger partial charge >= 0.3 is 0 Å². The van der Waals surface area contributed by atoms with E-state index in [4.69, 9.17) is 0 Å². The summed E-state index contributed by atoms with van der Waals surface area (Å²) in [5, 5.41) is 0. The molecule has 0 aliphatic heterocycles. The quantitative estimate of drug-likeness (QED) is 0.775. The molecule has 0 aliphatic rings. The molecule has 1 rings (SSSR count). The summed E-state index contributed by atoms with van der Waals surface area (Å²) >= 11 is 0. The molecule has 22 heavy (non-hydrogen) atoms. The number of unbranched alkanes of at least 4 members (excludes halogenated alkanes) is 1. The highest BCUT2D eigenvalue weighted by Crippen LogP contribution is 2.19. The van der Waals surface area contributed by atoms with Gasteiger partial charge in [-0.3, -0.25) is 9.59 Å². The van der Waals surface area contributed by atoms with Crippen LogP contribution in [-0.4, -0.2) is 36.9 Å². The summed E-state index contributed by atoms with van der Waals surface area (Å²) < 4.78 is 0. The Morgan fingerprint density at radius 3 is 2.14 bits per heavy atom. The van der Waals surface area contributed by atoms with E-state index in [-0.39, 0.29) is 11.8 Å². The van der Waals surface area contributed by atoms with Crippen molar-refractivity contribution in [3.8, 4) is 0 Å². The molecule has 0 saturated carbocycles. The van der Waals surface area contributed by atoms with Gasteiger partial charge in [0, 0.05) is 39.2 Å². The summed E-state index contributed by atoms with van der Waals surface area (Å²) in [6.45, 7) is 8.88. The highest BCUT2D eigenvalue weighted by molar-refractivity contribution is 5.92. The third kappa shape index (κ3) is 5.51. The van der Waals surface area contributed by atoms with E-state index in [1.165, 1.54) is 0 Å². The van der Waals surface area contributed by atoms with Gasteiger partial charge in [-0.2, -0.15) is 0 Å². The summed E-state index contributed by atoms with van der Waals surface area (Å²) in [6, 6.07) is 6.05. The van der Waals surface area contributed by atoms with Crippen LogP contribution in [0.3, 0.4) is 0 Å². The maximum Gasteiger partial charge on any atom is 0.224 e. The van der Waals surface area contributed by atoms with E-state index < -0.39 is 0 Å². The van der Waals surface area contributed by atoms with E-state index in [2.05, 4.69) is 13.0 Å². The zero-order valence-electron chi connectivity index (χ0n) is 14.5. The number of hydrogen-bond acceptors (Lipinski definition) is 2. The second-order valence-corrected chi connectivity index (χ2v) is 5.94. The smallest absolute Gasteiger partial charge is 0.224 e. The van der Waals surface area contributed by atoms with Gasteiger partial charge in [0.1, 0.15) is 0 Å². The molecule has 122 valence electrons. The molecule has 1 aromatic carbocycles. The van der Waals surface area contributed by atoms with Crippen molar-refractivity contribution < 1.29 is 9.59 Å². The normalized spacial score (nSPS) is 10.4. The van der Waals surface area contributed by atoms with E-state index in [1.54, 1.807) is 16.7 Å². The third-order valence-electron chi connectivity index (χ3n) is 3.72. The Kier molecular flexibility index (Phi) is 7.09. The summed E-state index contributed by atoms with van der Waals surface area (Å²) in [4.78, 5) is 27.5. The Morgan fingerprint density at radius 1 is 1.05 bits per heavy atom. The number of rotatable bonds is 7.